The maximum atomic E-state index is 12.6. The van der Waals surface area contributed by atoms with Gasteiger partial charge in [-0.1, -0.05) is 0 Å². The number of rotatable bonds is 2. The number of nitrogens with zero attached hydrogens (tertiary/aromatic N) is 1. The van der Waals surface area contributed by atoms with E-state index in [0.717, 1.165) is 9.13 Å². The minimum atomic E-state index is -0.632. The van der Waals surface area contributed by atoms with Crippen LogP contribution in [0, 0.1) is 3.57 Å². The fourth-order valence-corrected chi connectivity index (χ4v) is 3.67. The van der Waals surface area contributed by atoms with Crippen molar-refractivity contribution in [3.8, 4) is 0 Å². The van der Waals surface area contributed by atoms with Crippen LogP contribution in [0.1, 0.15) is 35.7 Å². The highest BCUT2D eigenvalue weighted by molar-refractivity contribution is 14.1. The second-order valence-corrected chi connectivity index (χ2v) is 6.61. The van der Waals surface area contributed by atoms with E-state index in [1.54, 1.807) is 12.1 Å². The molecule has 4 amide bonds. The van der Waals surface area contributed by atoms with Gasteiger partial charge in [-0.15, -0.1) is 0 Å². The van der Waals surface area contributed by atoms with Gasteiger partial charge in [0.05, 0.1) is 5.69 Å². The molecule has 2 aliphatic heterocycles. The minimum absolute atomic E-state index is 0.186. The van der Waals surface area contributed by atoms with Gasteiger partial charge >= 0.3 is 0 Å². The maximum absolute atomic E-state index is 12.6. The van der Waals surface area contributed by atoms with Crippen molar-refractivity contribution in [2.45, 2.75) is 32.4 Å². The highest BCUT2D eigenvalue weighted by atomic mass is 127. The van der Waals surface area contributed by atoms with Gasteiger partial charge in [0.25, 0.3) is 5.91 Å². The van der Waals surface area contributed by atoms with Crippen molar-refractivity contribution in [2.24, 2.45) is 0 Å². The lowest BCUT2D eigenvalue weighted by Gasteiger charge is -2.29. The third kappa shape index (κ3) is 2.82. The molecule has 0 aromatic heterocycles. The van der Waals surface area contributed by atoms with E-state index in [1.807, 2.05) is 0 Å². The number of imide groups is 1. The zero-order valence-corrected chi connectivity index (χ0v) is 14.5. The Morgan fingerprint density at radius 3 is 2.74 bits per heavy atom. The number of carbonyl (C=O) groups excluding carboxylic acids is 4. The first-order valence-corrected chi connectivity index (χ1v) is 8.20. The third-order valence-corrected chi connectivity index (χ3v) is 5.19. The lowest BCUT2D eigenvalue weighted by molar-refractivity contribution is -0.137. The van der Waals surface area contributed by atoms with E-state index >= 15 is 0 Å². The van der Waals surface area contributed by atoms with Crippen LogP contribution in [-0.4, -0.2) is 34.6 Å². The average Bonchev–Trinajstić information content (AvgIpc) is 2.80. The molecule has 8 heteroatoms. The van der Waals surface area contributed by atoms with Crippen molar-refractivity contribution < 1.29 is 19.2 Å². The van der Waals surface area contributed by atoms with Gasteiger partial charge < -0.3 is 10.2 Å². The topological polar surface area (TPSA) is 95.6 Å². The summed E-state index contributed by atoms with van der Waals surface area (Å²) in [7, 11) is 0. The van der Waals surface area contributed by atoms with Gasteiger partial charge in [0.1, 0.15) is 6.04 Å². The molecule has 2 N–H and O–H groups in total. The Labute approximate surface area is 145 Å². The molecule has 0 bridgehead atoms. The first kappa shape index (κ1) is 15.9. The van der Waals surface area contributed by atoms with E-state index in [0.29, 0.717) is 24.2 Å². The van der Waals surface area contributed by atoms with E-state index in [2.05, 4.69) is 33.2 Å². The van der Waals surface area contributed by atoms with Crippen molar-refractivity contribution in [3.05, 3.63) is 26.8 Å². The molecule has 0 spiro atoms. The van der Waals surface area contributed by atoms with Gasteiger partial charge in [-0.25, -0.2) is 0 Å². The van der Waals surface area contributed by atoms with Gasteiger partial charge in [0.15, 0.2) is 0 Å². The molecule has 23 heavy (non-hydrogen) atoms. The summed E-state index contributed by atoms with van der Waals surface area (Å²) in [6.45, 7) is 1.72. The summed E-state index contributed by atoms with van der Waals surface area (Å²) in [5.41, 5.74) is 1.98. The first-order chi connectivity index (χ1) is 10.9. The van der Waals surface area contributed by atoms with Crippen LogP contribution in [0.5, 0.6) is 0 Å². The largest absolute Gasteiger partial charge is 0.325 e. The second-order valence-electron chi connectivity index (χ2n) is 5.53. The smallest absolute Gasteiger partial charge is 0.255 e. The van der Waals surface area contributed by atoms with Gasteiger partial charge in [-0.05, 0) is 46.7 Å². The highest BCUT2D eigenvalue weighted by Gasteiger charge is 2.40. The number of hydrogen-bond acceptors (Lipinski definition) is 4. The van der Waals surface area contributed by atoms with E-state index in [1.165, 1.54) is 11.8 Å². The van der Waals surface area contributed by atoms with Crippen LogP contribution in [-0.2, 0) is 20.9 Å². The molecule has 1 saturated heterocycles. The molecule has 1 atom stereocenters. The Hall–Kier alpha value is -1.97. The molecule has 1 unspecified atom stereocenters. The van der Waals surface area contributed by atoms with Crippen molar-refractivity contribution in [1.29, 1.82) is 0 Å². The Morgan fingerprint density at radius 2 is 2.09 bits per heavy atom. The summed E-state index contributed by atoms with van der Waals surface area (Å²) in [6, 6.07) is 2.72. The molecule has 120 valence electrons. The summed E-state index contributed by atoms with van der Waals surface area (Å²) in [5, 5.41) is 5.00. The number of anilines is 1. The quantitative estimate of drug-likeness (QED) is 0.544. The number of piperidine rings is 1. The molecule has 7 nitrogen and oxygen atoms in total. The summed E-state index contributed by atoms with van der Waals surface area (Å²) in [6.07, 6.45) is 0.560. The van der Waals surface area contributed by atoms with Crippen LogP contribution in [0.25, 0.3) is 0 Å². The van der Waals surface area contributed by atoms with Crippen molar-refractivity contribution in [2.75, 3.05) is 5.32 Å². The molecule has 0 saturated carbocycles. The van der Waals surface area contributed by atoms with E-state index in [4.69, 9.17) is 0 Å². The van der Waals surface area contributed by atoms with Gasteiger partial charge in [0, 0.05) is 29.0 Å². The SMILES string of the molecule is CC(=O)Nc1ccc2c(c1I)CN(C1CCC(=O)NC1=O)C2=O. The molecule has 3 rings (SSSR count). The summed E-state index contributed by atoms with van der Waals surface area (Å²) >= 11 is 2.09. The number of amides is 4. The van der Waals surface area contributed by atoms with Crippen molar-refractivity contribution in [3.63, 3.8) is 0 Å². The van der Waals surface area contributed by atoms with Crippen LogP contribution < -0.4 is 10.6 Å². The highest BCUT2D eigenvalue weighted by Crippen LogP contribution is 2.34. The Morgan fingerprint density at radius 1 is 1.35 bits per heavy atom. The molecular formula is C15H14IN3O4. The lowest BCUT2D eigenvalue weighted by Crippen LogP contribution is -2.52. The third-order valence-electron chi connectivity index (χ3n) is 3.96. The molecule has 1 aromatic carbocycles. The van der Waals surface area contributed by atoms with Crippen LogP contribution in [0.2, 0.25) is 0 Å². The fraction of sp³-hybridized carbons (Fsp3) is 0.333. The number of nitrogens with one attached hydrogen (secondary N) is 2. The number of hydrogen-bond donors (Lipinski definition) is 2. The molecule has 2 aliphatic rings. The van der Waals surface area contributed by atoms with Crippen LogP contribution in [0.3, 0.4) is 0 Å². The van der Waals surface area contributed by atoms with E-state index < -0.39 is 11.9 Å². The molecule has 2 heterocycles. The summed E-state index contributed by atoms with van der Waals surface area (Å²) in [5.74, 6) is -1.14. The van der Waals surface area contributed by atoms with E-state index in [9.17, 15) is 19.2 Å². The van der Waals surface area contributed by atoms with Gasteiger partial charge in [-0.2, -0.15) is 0 Å². The molecule has 0 aliphatic carbocycles. The van der Waals surface area contributed by atoms with Crippen LogP contribution in [0.15, 0.2) is 12.1 Å². The van der Waals surface area contributed by atoms with Gasteiger partial charge in [0.2, 0.25) is 17.7 Å². The lowest BCUT2D eigenvalue weighted by atomic mass is 10.0. The zero-order valence-electron chi connectivity index (χ0n) is 12.3. The standard InChI is InChI=1S/C15H14IN3O4/c1-7(20)17-10-3-2-8-9(13(10)16)6-19(15(8)23)11-4-5-12(21)18-14(11)22/h2-3,11H,4-6H2,1H3,(H,17,20)(H,18,21,22). The normalized spacial score (nSPS) is 20.3. The molecule has 0 radical (unpaired) electrons. The second kappa shape index (κ2) is 5.91. The van der Waals surface area contributed by atoms with Crippen LogP contribution in [0.4, 0.5) is 5.69 Å². The van der Waals surface area contributed by atoms with Crippen molar-refractivity contribution >= 4 is 51.9 Å². The maximum Gasteiger partial charge on any atom is 0.255 e. The minimum Gasteiger partial charge on any atom is -0.325 e. The first-order valence-electron chi connectivity index (χ1n) is 7.12. The van der Waals surface area contributed by atoms with Crippen LogP contribution >= 0.6 is 22.6 Å². The predicted octanol–water partition coefficient (Wildman–Crippen LogP) is 1.01. The number of carbonyl (C=O) groups is 4. The summed E-state index contributed by atoms with van der Waals surface area (Å²) < 4.78 is 0.790. The molecule has 1 aromatic rings. The average molecular weight is 427 g/mol. The number of benzene rings is 1. The molecule has 1 fully saturated rings. The Balaban J connectivity index is 1.90. The monoisotopic (exact) mass is 427 g/mol. The number of fused-ring (bicyclic) bond motifs is 1. The Bertz CT molecular complexity index is 746. The zero-order chi connectivity index (χ0) is 16.7. The van der Waals surface area contributed by atoms with E-state index in [-0.39, 0.29) is 24.1 Å². The predicted molar refractivity (Wildman–Crippen MR) is 89.5 cm³/mol. The van der Waals surface area contributed by atoms with Crippen molar-refractivity contribution in [1.82, 2.24) is 10.2 Å². The Kier molecular flexibility index (Phi) is 4.09. The fourth-order valence-electron chi connectivity index (χ4n) is 2.89. The molecular weight excluding hydrogens is 413 g/mol. The van der Waals surface area contributed by atoms with Gasteiger partial charge in [-0.3, -0.25) is 24.5 Å². The summed E-state index contributed by atoms with van der Waals surface area (Å²) in [4.78, 5) is 48.6. The number of halogens is 1.